The Bertz CT molecular complexity index is 444. The van der Waals surface area contributed by atoms with Crippen LogP contribution >= 0.6 is 11.6 Å². The molecule has 3 rings (SSSR count). The molecule has 0 unspecified atom stereocenters. The minimum absolute atomic E-state index is 0.150. The van der Waals surface area contributed by atoms with Gasteiger partial charge in [-0.2, -0.15) is 0 Å². The van der Waals surface area contributed by atoms with E-state index in [1.807, 2.05) is 6.07 Å². The van der Waals surface area contributed by atoms with Crippen molar-refractivity contribution in [2.75, 3.05) is 18.1 Å². The summed E-state index contributed by atoms with van der Waals surface area (Å²) >= 11 is 6.13. The summed E-state index contributed by atoms with van der Waals surface area (Å²) in [6.45, 7) is 0.777. The van der Waals surface area contributed by atoms with E-state index in [1.54, 1.807) is 0 Å². The van der Waals surface area contributed by atoms with Crippen LogP contribution in [0.4, 0.5) is 5.82 Å². The molecule has 0 spiro atoms. The van der Waals surface area contributed by atoms with Gasteiger partial charge >= 0.3 is 0 Å². The normalized spacial score (nSPS) is 19.9. The van der Waals surface area contributed by atoms with Crippen molar-refractivity contribution in [3.8, 4) is 0 Å². The Morgan fingerprint density at radius 2 is 1.95 bits per heavy atom. The zero-order valence-corrected chi connectivity index (χ0v) is 11.8. The fourth-order valence-electron chi connectivity index (χ4n) is 2.90. The number of nitrogens with zero attached hydrogens (tertiary/aromatic N) is 3. The number of aliphatic hydroxyl groups excluding tert-OH is 1. The molecule has 1 aromatic heterocycles. The Morgan fingerprint density at radius 3 is 2.58 bits per heavy atom. The predicted molar refractivity (Wildman–Crippen MR) is 75.7 cm³/mol. The van der Waals surface area contributed by atoms with E-state index in [0.29, 0.717) is 23.7 Å². The molecule has 0 saturated heterocycles. The number of aliphatic hydroxyl groups is 1. The number of anilines is 1. The third-order valence-corrected chi connectivity index (χ3v) is 4.24. The third kappa shape index (κ3) is 3.00. The van der Waals surface area contributed by atoms with Gasteiger partial charge in [0.25, 0.3) is 0 Å². The van der Waals surface area contributed by atoms with Crippen molar-refractivity contribution in [3.05, 3.63) is 17.0 Å². The van der Waals surface area contributed by atoms with Gasteiger partial charge in [0, 0.05) is 24.6 Å². The molecule has 0 aliphatic heterocycles. The Kier molecular flexibility index (Phi) is 3.89. The second kappa shape index (κ2) is 5.63. The van der Waals surface area contributed by atoms with Gasteiger partial charge in [0.1, 0.15) is 16.8 Å². The molecule has 2 aliphatic carbocycles. The van der Waals surface area contributed by atoms with E-state index in [2.05, 4.69) is 14.9 Å². The van der Waals surface area contributed by atoms with Crippen LogP contribution in [0.5, 0.6) is 0 Å². The third-order valence-electron chi connectivity index (χ3n) is 4.04. The van der Waals surface area contributed by atoms with E-state index >= 15 is 0 Å². The lowest BCUT2D eigenvalue weighted by Gasteiger charge is -2.29. The van der Waals surface area contributed by atoms with Crippen LogP contribution in [0.2, 0.25) is 5.15 Å². The molecule has 0 bridgehead atoms. The molecule has 1 N–H and O–H groups in total. The maximum atomic E-state index is 9.30. The number of rotatable bonds is 5. The summed E-state index contributed by atoms with van der Waals surface area (Å²) in [4.78, 5) is 11.2. The molecule has 0 radical (unpaired) electrons. The molecule has 4 nitrogen and oxygen atoms in total. The van der Waals surface area contributed by atoms with Gasteiger partial charge in [-0.05, 0) is 25.7 Å². The quantitative estimate of drug-likeness (QED) is 0.843. The number of halogens is 1. The molecular weight excluding hydrogens is 262 g/mol. The van der Waals surface area contributed by atoms with Crippen molar-refractivity contribution in [2.24, 2.45) is 0 Å². The first kappa shape index (κ1) is 13.1. The topological polar surface area (TPSA) is 49.2 Å². The van der Waals surface area contributed by atoms with Gasteiger partial charge in [0.15, 0.2) is 0 Å². The Labute approximate surface area is 118 Å². The Hall–Kier alpha value is -0.870. The molecule has 2 saturated carbocycles. The molecule has 1 heterocycles. The standard InChI is InChI=1S/C14H20ClN3O/c15-12-9-13(17-14(16-12)10-5-6-10)18(7-8-19)11-3-1-2-4-11/h9-11,19H,1-8H2. The molecule has 0 amide bonds. The molecule has 5 heteroatoms. The van der Waals surface area contributed by atoms with E-state index in [9.17, 15) is 5.11 Å². The average Bonchev–Trinajstić information content (AvgIpc) is 3.12. The fourth-order valence-corrected chi connectivity index (χ4v) is 3.09. The zero-order chi connectivity index (χ0) is 13.2. The van der Waals surface area contributed by atoms with Crippen molar-refractivity contribution < 1.29 is 5.11 Å². The summed E-state index contributed by atoms with van der Waals surface area (Å²) in [5, 5.41) is 9.82. The number of hydrogen-bond acceptors (Lipinski definition) is 4. The van der Waals surface area contributed by atoms with E-state index in [-0.39, 0.29) is 6.61 Å². The molecule has 2 fully saturated rings. The highest BCUT2D eigenvalue weighted by Gasteiger charge is 2.29. The van der Waals surface area contributed by atoms with Crippen molar-refractivity contribution in [2.45, 2.75) is 50.5 Å². The summed E-state index contributed by atoms with van der Waals surface area (Å²) in [6, 6.07) is 2.33. The van der Waals surface area contributed by atoms with Gasteiger partial charge in [-0.1, -0.05) is 24.4 Å². The molecular formula is C14H20ClN3O. The first-order valence-electron chi connectivity index (χ1n) is 7.20. The van der Waals surface area contributed by atoms with Crippen molar-refractivity contribution in [1.82, 2.24) is 9.97 Å². The SMILES string of the molecule is OCCN(c1cc(Cl)nc(C2CC2)n1)C1CCCC1. The van der Waals surface area contributed by atoms with E-state index in [4.69, 9.17) is 11.6 Å². The minimum atomic E-state index is 0.150. The van der Waals surface area contributed by atoms with E-state index in [0.717, 1.165) is 11.6 Å². The first-order chi connectivity index (χ1) is 9.28. The first-order valence-corrected chi connectivity index (χ1v) is 7.57. The largest absolute Gasteiger partial charge is 0.395 e. The molecule has 104 valence electrons. The molecule has 19 heavy (non-hydrogen) atoms. The van der Waals surface area contributed by atoms with Gasteiger partial charge in [0.05, 0.1) is 6.61 Å². The monoisotopic (exact) mass is 281 g/mol. The Balaban J connectivity index is 1.87. The lowest BCUT2D eigenvalue weighted by Crippen LogP contribution is -2.36. The van der Waals surface area contributed by atoms with Gasteiger partial charge in [0.2, 0.25) is 0 Å². The summed E-state index contributed by atoms with van der Waals surface area (Å²) in [5.41, 5.74) is 0. The molecule has 0 atom stereocenters. The number of aromatic nitrogens is 2. The van der Waals surface area contributed by atoms with Crippen LogP contribution in [0.1, 0.15) is 50.3 Å². The van der Waals surface area contributed by atoms with Crippen LogP contribution in [0.3, 0.4) is 0 Å². The molecule has 2 aliphatic rings. The second-order valence-corrected chi connectivity index (χ2v) is 5.92. The van der Waals surface area contributed by atoms with Crippen molar-refractivity contribution in [3.63, 3.8) is 0 Å². The average molecular weight is 282 g/mol. The van der Waals surface area contributed by atoms with Crippen molar-refractivity contribution >= 4 is 17.4 Å². The Morgan fingerprint density at radius 1 is 1.21 bits per heavy atom. The highest BCUT2D eigenvalue weighted by molar-refractivity contribution is 6.29. The predicted octanol–water partition coefficient (Wildman–Crippen LogP) is 2.75. The zero-order valence-electron chi connectivity index (χ0n) is 11.1. The minimum Gasteiger partial charge on any atom is -0.395 e. The van der Waals surface area contributed by atoms with Crippen LogP contribution in [0, 0.1) is 0 Å². The summed E-state index contributed by atoms with van der Waals surface area (Å²) in [6.07, 6.45) is 7.23. The van der Waals surface area contributed by atoms with Crippen LogP contribution in [-0.4, -0.2) is 34.3 Å². The highest BCUT2D eigenvalue weighted by atomic mass is 35.5. The molecule has 1 aromatic rings. The lowest BCUT2D eigenvalue weighted by molar-refractivity contribution is 0.296. The maximum Gasteiger partial charge on any atom is 0.135 e. The summed E-state index contributed by atoms with van der Waals surface area (Å²) in [7, 11) is 0. The van der Waals surface area contributed by atoms with Crippen LogP contribution in [-0.2, 0) is 0 Å². The van der Waals surface area contributed by atoms with Gasteiger partial charge < -0.3 is 10.0 Å². The lowest BCUT2D eigenvalue weighted by atomic mass is 10.2. The van der Waals surface area contributed by atoms with Crippen LogP contribution in [0.15, 0.2) is 6.07 Å². The van der Waals surface area contributed by atoms with Crippen LogP contribution < -0.4 is 4.90 Å². The van der Waals surface area contributed by atoms with Gasteiger partial charge in [-0.15, -0.1) is 0 Å². The summed E-state index contributed by atoms with van der Waals surface area (Å²) < 4.78 is 0. The van der Waals surface area contributed by atoms with Gasteiger partial charge in [-0.25, -0.2) is 9.97 Å². The second-order valence-electron chi connectivity index (χ2n) is 5.54. The van der Waals surface area contributed by atoms with E-state index < -0.39 is 0 Å². The van der Waals surface area contributed by atoms with Crippen molar-refractivity contribution in [1.29, 1.82) is 0 Å². The summed E-state index contributed by atoms with van der Waals surface area (Å²) in [5.74, 6) is 2.27. The fraction of sp³-hybridized carbons (Fsp3) is 0.714. The highest BCUT2D eigenvalue weighted by Crippen LogP contribution is 2.39. The van der Waals surface area contributed by atoms with Gasteiger partial charge in [-0.3, -0.25) is 0 Å². The molecule has 0 aromatic carbocycles. The van der Waals surface area contributed by atoms with Crippen LogP contribution in [0.25, 0.3) is 0 Å². The maximum absolute atomic E-state index is 9.30. The number of hydrogen-bond donors (Lipinski definition) is 1. The van der Waals surface area contributed by atoms with E-state index in [1.165, 1.54) is 38.5 Å². The smallest absolute Gasteiger partial charge is 0.135 e.